The van der Waals surface area contributed by atoms with E-state index >= 15 is 0 Å². The van der Waals surface area contributed by atoms with Gasteiger partial charge in [0.1, 0.15) is 5.82 Å². The molecular formula is C10H4F2N2O4. The van der Waals surface area contributed by atoms with Gasteiger partial charge in [-0.1, -0.05) is 0 Å². The fourth-order valence-corrected chi connectivity index (χ4v) is 1.50. The molecule has 92 valence electrons. The number of benzene rings is 1. The highest BCUT2D eigenvalue weighted by molar-refractivity contribution is 6.33. The van der Waals surface area contributed by atoms with Gasteiger partial charge in [-0.15, -0.1) is 0 Å². The van der Waals surface area contributed by atoms with Crippen molar-refractivity contribution >= 4 is 23.1 Å². The van der Waals surface area contributed by atoms with E-state index in [0.717, 1.165) is 6.08 Å². The molecule has 0 aliphatic carbocycles. The molecule has 0 aromatic heterocycles. The molecule has 1 heterocycles. The van der Waals surface area contributed by atoms with Gasteiger partial charge in [0.05, 0.1) is 10.5 Å². The van der Waals surface area contributed by atoms with E-state index in [1.807, 2.05) is 5.32 Å². The molecule has 1 aromatic rings. The van der Waals surface area contributed by atoms with Crippen LogP contribution in [0.5, 0.6) is 0 Å². The molecule has 1 N–H and O–H groups in total. The monoisotopic (exact) mass is 254 g/mol. The van der Waals surface area contributed by atoms with Gasteiger partial charge in [0.25, 0.3) is 11.8 Å². The van der Waals surface area contributed by atoms with Gasteiger partial charge in [0.2, 0.25) is 5.82 Å². The van der Waals surface area contributed by atoms with Crippen molar-refractivity contribution < 1.29 is 23.3 Å². The van der Waals surface area contributed by atoms with Gasteiger partial charge >= 0.3 is 5.69 Å². The summed E-state index contributed by atoms with van der Waals surface area (Å²) in [6.45, 7) is 0. The fourth-order valence-electron chi connectivity index (χ4n) is 1.50. The first-order chi connectivity index (χ1) is 8.40. The van der Waals surface area contributed by atoms with Crippen LogP contribution in [0, 0.1) is 21.7 Å². The Balaban J connectivity index is 2.62. The molecule has 0 atom stereocenters. The first-order valence-electron chi connectivity index (χ1n) is 4.61. The van der Waals surface area contributed by atoms with Crippen molar-refractivity contribution in [3.05, 3.63) is 45.5 Å². The smallest absolute Gasteiger partial charge is 0.289 e. The van der Waals surface area contributed by atoms with Crippen molar-refractivity contribution in [2.24, 2.45) is 0 Å². The quantitative estimate of drug-likeness (QED) is 0.482. The second kappa shape index (κ2) is 3.99. The number of nitro benzene ring substituents is 1. The van der Waals surface area contributed by atoms with Crippen LogP contribution >= 0.6 is 0 Å². The maximum Gasteiger partial charge on any atom is 0.305 e. The Kier molecular flexibility index (Phi) is 2.62. The number of hydrogen-bond donors (Lipinski definition) is 1. The van der Waals surface area contributed by atoms with Gasteiger partial charge in [-0.3, -0.25) is 25.0 Å². The Morgan fingerprint density at radius 3 is 2.33 bits per heavy atom. The van der Waals surface area contributed by atoms with Crippen molar-refractivity contribution in [3.8, 4) is 0 Å². The third kappa shape index (κ3) is 1.83. The molecule has 0 saturated heterocycles. The molecule has 1 aromatic carbocycles. The highest BCUT2D eigenvalue weighted by atomic mass is 19.1. The predicted molar refractivity (Wildman–Crippen MR) is 54.1 cm³/mol. The van der Waals surface area contributed by atoms with Gasteiger partial charge in [0.15, 0.2) is 0 Å². The first-order valence-corrected chi connectivity index (χ1v) is 4.61. The molecule has 18 heavy (non-hydrogen) atoms. The van der Waals surface area contributed by atoms with Crippen LogP contribution in [0.1, 0.15) is 5.56 Å². The minimum Gasteiger partial charge on any atom is -0.289 e. The summed E-state index contributed by atoms with van der Waals surface area (Å²) in [6.07, 6.45) is 0.794. The number of rotatable bonds is 2. The third-order valence-electron chi connectivity index (χ3n) is 2.28. The number of hydrogen-bond acceptors (Lipinski definition) is 4. The summed E-state index contributed by atoms with van der Waals surface area (Å²) in [4.78, 5) is 31.6. The number of carbonyl (C=O) groups excluding carboxylic acids is 2. The third-order valence-corrected chi connectivity index (χ3v) is 2.28. The van der Waals surface area contributed by atoms with E-state index in [4.69, 9.17) is 0 Å². The Morgan fingerprint density at radius 1 is 1.17 bits per heavy atom. The molecule has 1 aliphatic heterocycles. The summed E-state index contributed by atoms with van der Waals surface area (Å²) in [5.74, 6) is -4.16. The molecule has 0 bridgehead atoms. The van der Waals surface area contributed by atoms with Crippen molar-refractivity contribution in [2.45, 2.75) is 0 Å². The molecule has 0 saturated carbocycles. The fraction of sp³-hybridized carbons (Fsp3) is 0. The van der Waals surface area contributed by atoms with Gasteiger partial charge in [0, 0.05) is 23.8 Å². The van der Waals surface area contributed by atoms with Crippen LogP contribution in [0.3, 0.4) is 0 Å². The standard InChI is InChI=1S/C10H4F2N2O4/c11-6-3-7(12)8(14(17)18)1-4(6)5-2-9(15)13-10(5)16/h1-3H,(H,13,15,16). The lowest BCUT2D eigenvalue weighted by Crippen LogP contribution is -2.22. The van der Waals surface area contributed by atoms with Crippen LogP contribution in [0.15, 0.2) is 18.2 Å². The molecule has 8 heteroatoms. The summed E-state index contributed by atoms with van der Waals surface area (Å²) < 4.78 is 26.5. The van der Waals surface area contributed by atoms with E-state index in [2.05, 4.69) is 0 Å². The number of nitro groups is 1. The Bertz CT molecular complexity index is 625. The van der Waals surface area contributed by atoms with E-state index < -0.39 is 39.6 Å². The number of nitrogens with zero attached hydrogens (tertiary/aromatic N) is 1. The summed E-state index contributed by atoms with van der Waals surface area (Å²) in [5.41, 5.74) is -1.84. The normalized spacial score (nSPS) is 14.4. The largest absolute Gasteiger partial charge is 0.305 e. The number of carbonyl (C=O) groups is 2. The number of amides is 2. The van der Waals surface area contributed by atoms with Crippen LogP contribution in [0.2, 0.25) is 0 Å². The number of nitrogens with one attached hydrogen (secondary N) is 1. The summed E-state index contributed by atoms with van der Waals surface area (Å²) in [7, 11) is 0. The van der Waals surface area contributed by atoms with Crippen molar-refractivity contribution in [1.29, 1.82) is 0 Å². The van der Waals surface area contributed by atoms with Crippen LogP contribution in [-0.4, -0.2) is 16.7 Å². The molecule has 0 unspecified atom stereocenters. The molecule has 6 nitrogen and oxygen atoms in total. The highest BCUT2D eigenvalue weighted by Crippen LogP contribution is 2.27. The van der Waals surface area contributed by atoms with Crippen molar-refractivity contribution in [3.63, 3.8) is 0 Å². The summed E-state index contributed by atoms with van der Waals surface area (Å²) in [5, 5.41) is 12.4. The topological polar surface area (TPSA) is 89.3 Å². The minimum absolute atomic E-state index is 0.296. The zero-order chi connectivity index (χ0) is 13.4. The van der Waals surface area contributed by atoms with Gasteiger partial charge in [-0.2, -0.15) is 4.39 Å². The Hall–Kier alpha value is -2.64. The van der Waals surface area contributed by atoms with Gasteiger partial charge < -0.3 is 0 Å². The Morgan fingerprint density at radius 2 is 1.83 bits per heavy atom. The SMILES string of the molecule is O=C1C=C(c2cc([N+](=O)[O-])c(F)cc2F)C(=O)N1. The molecule has 0 fully saturated rings. The Labute approximate surface area is 98.1 Å². The highest BCUT2D eigenvalue weighted by Gasteiger charge is 2.28. The molecule has 0 radical (unpaired) electrons. The molecule has 0 spiro atoms. The van der Waals surface area contributed by atoms with E-state index in [9.17, 15) is 28.5 Å². The van der Waals surface area contributed by atoms with E-state index in [1.165, 1.54) is 0 Å². The lowest BCUT2D eigenvalue weighted by atomic mass is 10.0. The second-order valence-electron chi connectivity index (χ2n) is 3.42. The van der Waals surface area contributed by atoms with Crippen molar-refractivity contribution in [2.75, 3.05) is 0 Å². The average Bonchev–Trinajstić information content (AvgIpc) is 2.57. The lowest BCUT2D eigenvalue weighted by molar-refractivity contribution is -0.387. The second-order valence-corrected chi connectivity index (χ2v) is 3.42. The van der Waals surface area contributed by atoms with E-state index in [-0.39, 0.29) is 5.57 Å². The molecule has 1 aliphatic rings. The van der Waals surface area contributed by atoms with Crippen LogP contribution < -0.4 is 5.32 Å². The lowest BCUT2D eigenvalue weighted by Gasteiger charge is -2.03. The van der Waals surface area contributed by atoms with E-state index in [1.54, 1.807) is 0 Å². The summed E-state index contributed by atoms with van der Waals surface area (Å²) >= 11 is 0. The zero-order valence-electron chi connectivity index (χ0n) is 8.57. The van der Waals surface area contributed by atoms with E-state index in [0.29, 0.717) is 12.1 Å². The predicted octanol–water partition coefficient (Wildman–Crippen LogP) is 0.913. The number of halogens is 2. The van der Waals surface area contributed by atoms with Crippen LogP contribution in [0.25, 0.3) is 5.57 Å². The van der Waals surface area contributed by atoms with Gasteiger partial charge in [-0.05, 0) is 0 Å². The first kappa shape index (κ1) is 11.8. The maximum absolute atomic E-state index is 13.5. The zero-order valence-corrected chi connectivity index (χ0v) is 8.57. The number of imide groups is 1. The maximum atomic E-state index is 13.5. The van der Waals surface area contributed by atoms with Gasteiger partial charge in [-0.25, -0.2) is 4.39 Å². The molecule has 2 amide bonds. The molecular weight excluding hydrogens is 250 g/mol. The average molecular weight is 254 g/mol. The van der Waals surface area contributed by atoms with Crippen molar-refractivity contribution in [1.82, 2.24) is 5.32 Å². The van der Waals surface area contributed by atoms with Crippen LogP contribution in [-0.2, 0) is 9.59 Å². The summed E-state index contributed by atoms with van der Waals surface area (Å²) in [6, 6.07) is 0.874. The van der Waals surface area contributed by atoms with Crippen LogP contribution in [0.4, 0.5) is 14.5 Å². The molecule has 2 rings (SSSR count). The minimum atomic E-state index is -1.36.